The van der Waals surface area contributed by atoms with Crippen LogP contribution in [-0.4, -0.2) is 22.2 Å². The van der Waals surface area contributed by atoms with Crippen molar-refractivity contribution in [3.05, 3.63) is 31.4 Å². The molecule has 0 amide bonds. The number of hydrogen-bond acceptors (Lipinski definition) is 5. The molecule has 0 atom stereocenters. The molecule has 1 N–H and O–H groups in total. The van der Waals surface area contributed by atoms with Crippen molar-refractivity contribution in [2.45, 2.75) is 32.3 Å². The van der Waals surface area contributed by atoms with Crippen molar-refractivity contribution in [1.29, 1.82) is 5.26 Å². The molecule has 0 aromatic heterocycles. The van der Waals surface area contributed by atoms with E-state index in [0.29, 0.717) is 16.4 Å². The summed E-state index contributed by atoms with van der Waals surface area (Å²) in [4.78, 5) is 10.5. The second-order valence-corrected chi connectivity index (χ2v) is 5.56. The average molecular weight is 390 g/mol. The first-order chi connectivity index (χ1) is 9.36. The number of rotatable bonds is 6. The van der Waals surface area contributed by atoms with Gasteiger partial charge in [0.15, 0.2) is 0 Å². The SMILES string of the molecule is CCC(O)(CC)COc1c(I)cc(C#N)cc1[N+](=O)[O-]. The van der Waals surface area contributed by atoms with Crippen LogP contribution >= 0.6 is 22.6 Å². The van der Waals surface area contributed by atoms with Gasteiger partial charge in [-0.05, 0) is 41.5 Å². The highest BCUT2D eigenvalue weighted by molar-refractivity contribution is 14.1. The van der Waals surface area contributed by atoms with Gasteiger partial charge in [-0.1, -0.05) is 13.8 Å². The van der Waals surface area contributed by atoms with Crippen LogP contribution in [-0.2, 0) is 0 Å². The summed E-state index contributed by atoms with van der Waals surface area (Å²) in [7, 11) is 0. The molecule has 0 radical (unpaired) electrons. The maximum absolute atomic E-state index is 11.1. The Hall–Kier alpha value is -1.40. The Labute approximate surface area is 130 Å². The molecule has 0 unspecified atom stereocenters. The van der Waals surface area contributed by atoms with Gasteiger partial charge < -0.3 is 9.84 Å². The van der Waals surface area contributed by atoms with Crippen molar-refractivity contribution in [2.75, 3.05) is 6.61 Å². The minimum atomic E-state index is -1.01. The highest BCUT2D eigenvalue weighted by Crippen LogP contribution is 2.34. The quantitative estimate of drug-likeness (QED) is 0.458. The van der Waals surface area contributed by atoms with Gasteiger partial charge in [0.25, 0.3) is 0 Å². The Kier molecular flexibility index (Phi) is 5.71. The number of benzene rings is 1. The highest BCUT2D eigenvalue weighted by Gasteiger charge is 2.27. The van der Waals surface area contributed by atoms with E-state index in [2.05, 4.69) is 0 Å². The fourth-order valence-electron chi connectivity index (χ4n) is 1.58. The molecule has 108 valence electrons. The van der Waals surface area contributed by atoms with E-state index >= 15 is 0 Å². The van der Waals surface area contributed by atoms with Crippen LogP contribution in [0.2, 0.25) is 0 Å². The monoisotopic (exact) mass is 390 g/mol. The molecule has 0 saturated carbocycles. The van der Waals surface area contributed by atoms with Crippen LogP contribution in [0.1, 0.15) is 32.3 Å². The van der Waals surface area contributed by atoms with Crippen molar-refractivity contribution in [1.82, 2.24) is 0 Å². The molecule has 1 rings (SSSR count). The van der Waals surface area contributed by atoms with Gasteiger partial charge in [0.05, 0.1) is 25.7 Å². The lowest BCUT2D eigenvalue weighted by Gasteiger charge is -2.25. The molecular weight excluding hydrogens is 375 g/mol. The zero-order chi connectivity index (χ0) is 15.3. The number of nitriles is 1. The molecule has 6 nitrogen and oxygen atoms in total. The second kappa shape index (κ2) is 6.85. The molecule has 1 aromatic carbocycles. The maximum Gasteiger partial charge on any atom is 0.313 e. The van der Waals surface area contributed by atoms with Gasteiger partial charge in [-0.3, -0.25) is 10.1 Å². The van der Waals surface area contributed by atoms with E-state index in [1.165, 1.54) is 12.1 Å². The van der Waals surface area contributed by atoms with Gasteiger partial charge in [0, 0.05) is 6.07 Å². The summed E-state index contributed by atoms with van der Waals surface area (Å²) in [6, 6.07) is 4.56. The molecule has 0 saturated heterocycles. The summed E-state index contributed by atoms with van der Waals surface area (Å²) < 4.78 is 5.94. The smallest absolute Gasteiger partial charge is 0.313 e. The fraction of sp³-hybridized carbons (Fsp3) is 0.462. The van der Waals surface area contributed by atoms with Crippen LogP contribution in [0.15, 0.2) is 12.1 Å². The van der Waals surface area contributed by atoms with Crippen molar-refractivity contribution in [3.8, 4) is 11.8 Å². The predicted octanol–water partition coefficient (Wildman–Crippen LogP) is 3.00. The lowest BCUT2D eigenvalue weighted by molar-refractivity contribution is -0.386. The minimum Gasteiger partial charge on any atom is -0.483 e. The lowest BCUT2D eigenvalue weighted by Crippen LogP contribution is -2.34. The third-order valence-electron chi connectivity index (χ3n) is 3.15. The Morgan fingerprint density at radius 1 is 1.50 bits per heavy atom. The summed E-state index contributed by atoms with van der Waals surface area (Å²) in [6.45, 7) is 3.62. The van der Waals surface area contributed by atoms with Gasteiger partial charge in [0.1, 0.15) is 6.61 Å². The van der Waals surface area contributed by atoms with Gasteiger partial charge in [-0.25, -0.2) is 0 Å². The molecule has 7 heteroatoms. The minimum absolute atomic E-state index is 0.0251. The number of halogens is 1. The Morgan fingerprint density at radius 3 is 2.55 bits per heavy atom. The van der Waals surface area contributed by atoms with Crippen LogP contribution in [0.25, 0.3) is 0 Å². The van der Waals surface area contributed by atoms with Crippen molar-refractivity contribution < 1.29 is 14.8 Å². The fourth-order valence-corrected chi connectivity index (χ4v) is 2.35. The van der Waals surface area contributed by atoms with E-state index in [-0.39, 0.29) is 23.6 Å². The summed E-state index contributed by atoms with van der Waals surface area (Å²) >= 11 is 1.88. The first-order valence-electron chi connectivity index (χ1n) is 6.10. The molecule has 0 heterocycles. The highest BCUT2D eigenvalue weighted by atomic mass is 127. The van der Waals surface area contributed by atoms with Gasteiger partial charge in [-0.15, -0.1) is 0 Å². The summed E-state index contributed by atoms with van der Waals surface area (Å²) in [5.74, 6) is 0.0925. The maximum atomic E-state index is 11.1. The zero-order valence-electron chi connectivity index (χ0n) is 11.2. The number of nitro benzene ring substituents is 1. The Balaban J connectivity index is 3.12. The van der Waals surface area contributed by atoms with E-state index in [4.69, 9.17) is 10.00 Å². The molecule has 0 spiro atoms. The van der Waals surface area contributed by atoms with E-state index in [1.54, 1.807) is 0 Å². The van der Waals surface area contributed by atoms with E-state index in [1.807, 2.05) is 42.5 Å². The average Bonchev–Trinajstić information content (AvgIpc) is 2.44. The normalized spacial score (nSPS) is 10.9. The van der Waals surface area contributed by atoms with Crippen molar-refractivity contribution >= 4 is 28.3 Å². The topological polar surface area (TPSA) is 96.4 Å². The van der Waals surface area contributed by atoms with Gasteiger partial charge in [-0.2, -0.15) is 5.26 Å². The molecule has 0 aliphatic rings. The lowest BCUT2D eigenvalue weighted by atomic mass is 9.99. The first-order valence-corrected chi connectivity index (χ1v) is 7.18. The Morgan fingerprint density at radius 2 is 2.10 bits per heavy atom. The van der Waals surface area contributed by atoms with Gasteiger partial charge in [0.2, 0.25) is 5.75 Å². The van der Waals surface area contributed by atoms with Crippen molar-refractivity contribution in [3.63, 3.8) is 0 Å². The number of nitro groups is 1. The summed E-state index contributed by atoms with van der Waals surface area (Å²) in [5, 5.41) is 30.1. The first kappa shape index (κ1) is 16.7. The second-order valence-electron chi connectivity index (χ2n) is 4.40. The largest absolute Gasteiger partial charge is 0.483 e. The summed E-state index contributed by atoms with van der Waals surface area (Å²) in [6.07, 6.45) is 0.980. The van der Waals surface area contributed by atoms with Crippen LogP contribution in [0.5, 0.6) is 5.75 Å². The molecule has 0 aliphatic heterocycles. The molecule has 0 aliphatic carbocycles. The third kappa shape index (κ3) is 3.80. The molecule has 20 heavy (non-hydrogen) atoms. The predicted molar refractivity (Wildman–Crippen MR) is 81.6 cm³/mol. The zero-order valence-corrected chi connectivity index (χ0v) is 13.4. The molecule has 1 aromatic rings. The molecular formula is C13H15IN2O4. The molecule has 0 bridgehead atoms. The van der Waals surface area contributed by atoms with Crippen LogP contribution < -0.4 is 4.74 Å². The number of hydrogen-bond donors (Lipinski definition) is 1. The van der Waals surface area contributed by atoms with Crippen molar-refractivity contribution in [2.24, 2.45) is 0 Å². The van der Waals surface area contributed by atoms with E-state index in [9.17, 15) is 15.2 Å². The summed E-state index contributed by atoms with van der Waals surface area (Å²) in [5.41, 5.74) is -1.07. The molecule has 0 fully saturated rings. The number of aliphatic hydroxyl groups is 1. The van der Waals surface area contributed by atoms with E-state index in [0.717, 1.165) is 0 Å². The number of ether oxygens (including phenoxy) is 1. The number of nitrogens with zero attached hydrogens (tertiary/aromatic N) is 2. The van der Waals surface area contributed by atoms with Crippen LogP contribution in [0.3, 0.4) is 0 Å². The Bertz CT molecular complexity index is 550. The standard InChI is InChI=1S/C13H15IN2O4/c1-3-13(17,4-2)8-20-12-10(14)5-9(7-15)6-11(12)16(18)19/h5-6,17H,3-4,8H2,1-2H3. The van der Waals surface area contributed by atoms with Gasteiger partial charge >= 0.3 is 5.69 Å². The van der Waals surface area contributed by atoms with Crippen LogP contribution in [0, 0.1) is 25.0 Å². The van der Waals surface area contributed by atoms with E-state index < -0.39 is 10.5 Å². The third-order valence-corrected chi connectivity index (χ3v) is 3.95. The van der Waals surface area contributed by atoms with Crippen LogP contribution in [0.4, 0.5) is 5.69 Å².